The maximum absolute atomic E-state index is 5.39. The summed E-state index contributed by atoms with van der Waals surface area (Å²) >= 11 is 0. The van der Waals surface area contributed by atoms with E-state index in [0.717, 1.165) is 5.69 Å². The minimum absolute atomic E-state index is 0.389. The van der Waals surface area contributed by atoms with E-state index < -0.39 is 0 Å². The van der Waals surface area contributed by atoms with Crippen molar-refractivity contribution >= 4 is 17.3 Å². The van der Waals surface area contributed by atoms with Crippen molar-refractivity contribution in [3.8, 4) is 0 Å². The highest BCUT2D eigenvalue weighted by Crippen LogP contribution is 2.10. The van der Waals surface area contributed by atoms with Crippen LogP contribution in [0.15, 0.2) is 30.9 Å². The summed E-state index contributed by atoms with van der Waals surface area (Å²) in [5.41, 5.74) is 6.15. The molecule has 0 aliphatic carbocycles. The molecule has 0 fully saturated rings. The van der Waals surface area contributed by atoms with Gasteiger partial charge in [-0.2, -0.15) is 0 Å². The van der Waals surface area contributed by atoms with Crippen LogP contribution in [0, 0.1) is 0 Å². The smallest absolute Gasteiger partial charge is 0.153 e. The van der Waals surface area contributed by atoms with Gasteiger partial charge in [0.15, 0.2) is 5.82 Å². The molecule has 0 aliphatic heterocycles. The molecule has 0 spiro atoms. The third-order valence-electron chi connectivity index (χ3n) is 1.52. The number of rotatable bonds is 2. The molecule has 0 atom stereocenters. The summed E-state index contributed by atoms with van der Waals surface area (Å²) in [7, 11) is 0. The number of nitrogen functional groups attached to an aromatic ring is 1. The predicted octanol–water partition coefficient (Wildman–Crippen LogP) is 0.592. The van der Waals surface area contributed by atoms with Gasteiger partial charge in [0, 0.05) is 0 Å². The highest BCUT2D eigenvalue weighted by molar-refractivity contribution is 5.53. The Morgan fingerprint density at radius 1 is 1.07 bits per heavy atom. The molecule has 0 radical (unpaired) electrons. The van der Waals surface area contributed by atoms with Crippen LogP contribution in [0.4, 0.5) is 17.3 Å². The Morgan fingerprint density at radius 3 is 2.50 bits per heavy atom. The summed E-state index contributed by atoms with van der Waals surface area (Å²) in [4.78, 5) is 7.70. The van der Waals surface area contributed by atoms with Crippen LogP contribution in [0.5, 0.6) is 0 Å². The van der Waals surface area contributed by atoms with Crippen LogP contribution in [0.25, 0.3) is 0 Å². The summed E-state index contributed by atoms with van der Waals surface area (Å²) < 4.78 is 0. The Kier molecular flexibility index (Phi) is 2.18. The highest BCUT2D eigenvalue weighted by atomic mass is 15.2. The second-order valence-electron chi connectivity index (χ2n) is 2.60. The molecule has 0 amide bonds. The molecule has 0 aromatic carbocycles. The first-order valence-corrected chi connectivity index (χ1v) is 3.96. The summed E-state index contributed by atoms with van der Waals surface area (Å²) in [6.45, 7) is 0. The van der Waals surface area contributed by atoms with Crippen molar-refractivity contribution in [2.24, 2.45) is 0 Å². The average molecular weight is 188 g/mol. The lowest BCUT2D eigenvalue weighted by Gasteiger charge is -2.02. The fourth-order valence-electron chi connectivity index (χ4n) is 0.921. The van der Waals surface area contributed by atoms with Crippen LogP contribution in [0.1, 0.15) is 0 Å². The third-order valence-corrected chi connectivity index (χ3v) is 1.52. The lowest BCUT2D eigenvalue weighted by atomic mass is 10.4. The summed E-state index contributed by atoms with van der Waals surface area (Å²) in [6, 6.07) is 3.40. The molecule has 2 rings (SSSR count). The Hall–Kier alpha value is -2.24. The van der Waals surface area contributed by atoms with Crippen LogP contribution in [-0.2, 0) is 0 Å². The van der Waals surface area contributed by atoms with E-state index in [0.29, 0.717) is 11.6 Å². The SMILES string of the molecule is Nc1ccc(Nc2cncnc2)nn1. The van der Waals surface area contributed by atoms with E-state index in [-0.39, 0.29) is 0 Å². The van der Waals surface area contributed by atoms with E-state index in [4.69, 9.17) is 5.73 Å². The standard InChI is InChI=1S/C8H8N6/c9-7-1-2-8(14-13-7)12-6-3-10-5-11-4-6/h1-5H,(H2,9,13)(H,12,14). The molecule has 2 aromatic rings. The molecule has 0 bridgehead atoms. The maximum Gasteiger partial charge on any atom is 0.153 e. The first-order chi connectivity index (χ1) is 6.84. The van der Waals surface area contributed by atoms with Crippen molar-refractivity contribution in [1.29, 1.82) is 0 Å². The fraction of sp³-hybridized carbons (Fsp3) is 0. The second kappa shape index (κ2) is 3.65. The van der Waals surface area contributed by atoms with Crippen LogP contribution in [0.3, 0.4) is 0 Å². The number of nitrogens with two attached hydrogens (primary N) is 1. The molecule has 0 saturated carbocycles. The van der Waals surface area contributed by atoms with E-state index in [1.807, 2.05) is 0 Å². The summed E-state index contributed by atoms with van der Waals surface area (Å²) in [5, 5.41) is 10.5. The molecule has 2 aromatic heterocycles. The zero-order valence-corrected chi connectivity index (χ0v) is 7.25. The van der Waals surface area contributed by atoms with Gasteiger partial charge in [-0.15, -0.1) is 10.2 Å². The highest BCUT2D eigenvalue weighted by Gasteiger charge is 1.95. The molecule has 0 unspecified atom stereocenters. The Morgan fingerprint density at radius 2 is 1.86 bits per heavy atom. The van der Waals surface area contributed by atoms with Crippen LogP contribution >= 0.6 is 0 Å². The first kappa shape index (κ1) is 8.36. The minimum atomic E-state index is 0.389. The fourth-order valence-corrected chi connectivity index (χ4v) is 0.921. The van der Waals surface area contributed by atoms with E-state index >= 15 is 0 Å². The van der Waals surface area contributed by atoms with Crippen LogP contribution < -0.4 is 11.1 Å². The number of hydrogen-bond acceptors (Lipinski definition) is 6. The van der Waals surface area contributed by atoms with Gasteiger partial charge in [-0.05, 0) is 12.1 Å². The van der Waals surface area contributed by atoms with Crippen molar-refractivity contribution in [1.82, 2.24) is 20.2 Å². The molecule has 14 heavy (non-hydrogen) atoms. The molecule has 2 heterocycles. The predicted molar refractivity (Wildman–Crippen MR) is 51.8 cm³/mol. The third kappa shape index (κ3) is 1.92. The Balaban J connectivity index is 2.16. The monoisotopic (exact) mass is 188 g/mol. The first-order valence-electron chi connectivity index (χ1n) is 3.96. The van der Waals surface area contributed by atoms with Gasteiger partial charge in [-0.3, -0.25) is 0 Å². The number of anilines is 3. The van der Waals surface area contributed by atoms with Crippen molar-refractivity contribution in [3.63, 3.8) is 0 Å². The lowest BCUT2D eigenvalue weighted by Crippen LogP contribution is -1.98. The number of nitrogens with one attached hydrogen (secondary N) is 1. The average Bonchev–Trinajstić information content (AvgIpc) is 2.23. The largest absolute Gasteiger partial charge is 0.382 e. The van der Waals surface area contributed by atoms with Crippen molar-refractivity contribution in [2.45, 2.75) is 0 Å². The van der Waals surface area contributed by atoms with Gasteiger partial charge in [-0.1, -0.05) is 0 Å². The van der Waals surface area contributed by atoms with Gasteiger partial charge in [0.1, 0.15) is 12.1 Å². The van der Waals surface area contributed by atoms with E-state index in [9.17, 15) is 0 Å². The van der Waals surface area contributed by atoms with Gasteiger partial charge < -0.3 is 11.1 Å². The van der Waals surface area contributed by atoms with E-state index in [2.05, 4.69) is 25.5 Å². The molecular formula is C8H8N6. The lowest BCUT2D eigenvalue weighted by molar-refractivity contribution is 1.04. The van der Waals surface area contributed by atoms with Crippen LogP contribution in [-0.4, -0.2) is 20.2 Å². The van der Waals surface area contributed by atoms with Gasteiger partial charge in [-0.25, -0.2) is 9.97 Å². The molecule has 6 nitrogen and oxygen atoms in total. The second-order valence-corrected chi connectivity index (χ2v) is 2.60. The van der Waals surface area contributed by atoms with Gasteiger partial charge in [0.05, 0.1) is 18.1 Å². The number of aromatic nitrogens is 4. The molecule has 6 heteroatoms. The van der Waals surface area contributed by atoms with Crippen molar-refractivity contribution in [3.05, 3.63) is 30.9 Å². The topological polar surface area (TPSA) is 89.6 Å². The van der Waals surface area contributed by atoms with Crippen molar-refractivity contribution < 1.29 is 0 Å². The summed E-state index contributed by atoms with van der Waals surface area (Å²) in [6.07, 6.45) is 4.75. The number of hydrogen-bond donors (Lipinski definition) is 2. The molecule has 0 saturated heterocycles. The maximum atomic E-state index is 5.39. The van der Waals surface area contributed by atoms with Crippen LogP contribution in [0.2, 0.25) is 0 Å². The van der Waals surface area contributed by atoms with E-state index in [1.165, 1.54) is 6.33 Å². The summed E-state index contributed by atoms with van der Waals surface area (Å²) in [5.74, 6) is 0.994. The number of nitrogens with zero attached hydrogens (tertiary/aromatic N) is 4. The van der Waals surface area contributed by atoms with Crippen molar-refractivity contribution in [2.75, 3.05) is 11.1 Å². The Bertz CT molecular complexity index is 398. The van der Waals surface area contributed by atoms with Gasteiger partial charge in [0.25, 0.3) is 0 Å². The normalized spacial score (nSPS) is 9.71. The Labute approximate surface area is 80.2 Å². The quantitative estimate of drug-likeness (QED) is 0.717. The van der Waals surface area contributed by atoms with Gasteiger partial charge >= 0.3 is 0 Å². The van der Waals surface area contributed by atoms with E-state index in [1.54, 1.807) is 24.5 Å². The zero-order valence-electron chi connectivity index (χ0n) is 7.25. The zero-order chi connectivity index (χ0) is 9.80. The van der Waals surface area contributed by atoms with Gasteiger partial charge in [0.2, 0.25) is 0 Å². The minimum Gasteiger partial charge on any atom is -0.382 e. The molecule has 0 aliphatic rings. The molecule has 70 valence electrons. The molecule has 3 N–H and O–H groups in total. The molecular weight excluding hydrogens is 180 g/mol.